The smallest absolute Gasteiger partial charge is 0.256 e. The fraction of sp³-hybridized carbons (Fsp3) is 0.300. The van der Waals surface area contributed by atoms with E-state index in [1.165, 1.54) is 35.2 Å². The van der Waals surface area contributed by atoms with Gasteiger partial charge in [-0.05, 0) is 24.3 Å². The number of nitrogens with zero attached hydrogens (tertiary/aromatic N) is 4. The number of anilines is 1. The minimum atomic E-state index is -0.506. The standard InChI is InChI=1S/C20H20FN5O3S2/c21-16-6-2-1-5-15(16)18(28)25-7-9-26(10-8-25)19-23-24-20(31-19)30-13-17(27)22-12-14-4-3-11-29-14/h1-6,11H,7-10,12-13H2,(H,22,27). The second-order valence-corrected chi connectivity index (χ2v) is 8.93. The maximum atomic E-state index is 13.9. The van der Waals surface area contributed by atoms with Crippen LogP contribution in [0.15, 0.2) is 51.4 Å². The van der Waals surface area contributed by atoms with Gasteiger partial charge < -0.3 is 19.5 Å². The van der Waals surface area contributed by atoms with Crippen LogP contribution in [0.1, 0.15) is 16.1 Å². The number of nitrogens with one attached hydrogen (secondary N) is 1. The number of furan rings is 1. The Balaban J connectivity index is 1.24. The number of hydrogen-bond acceptors (Lipinski definition) is 8. The summed E-state index contributed by atoms with van der Waals surface area (Å²) in [7, 11) is 0. The lowest BCUT2D eigenvalue weighted by atomic mass is 10.1. The molecule has 31 heavy (non-hydrogen) atoms. The quantitative estimate of drug-likeness (QED) is 0.541. The van der Waals surface area contributed by atoms with E-state index in [1.807, 2.05) is 4.90 Å². The molecular weight excluding hydrogens is 441 g/mol. The molecule has 2 amide bonds. The lowest BCUT2D eigenvalue weighted by Crippen LogP contribution is -2.49. The normalized spacial score (nSPS) is 14.0. The van der Waals surface area contributed by atoms with Gasteiger partial charge in [-0.2, -0.15) is 0 Å². The molecule has 1 N–H and O–H groups in total. The highest BCUT2D eigenvalue weighted by atomic mass is 32.2. The maximum Gasteiger partial charge on any atom is 0.256 e. The van der Waals surface area contributed by atoms with Crippen LogP contribution in [-0.2, 0) is 11.3 Å². The minimum absolute atomic E-state index is 0.0934. The molecule has 8 nitrogen and oxygen atoms in total. The van der Waals surface area contributed by atoms with Gasteiger partial charge in [0.15, 0.2) is 4.34 Å². The first-order valence-electron chi connectivity index (χ1n) is 9.64. The summed E-state index contributed by atoms with van der Waals surface area (Å²) in [6.07, 6.45) is 1.56. The lowest BCUT2D eigenvalue weighted by molar-refractivity contribution is -0.118. The molecule has 0 bridgehead atoms. The third-order valence-corrected chi connectivity index (χ3v) is 6.82. The number of thioether (sulfide) groups is 1. The second-order valence-electron chi connectivity index (χ2n) is 6.75. The Labute approximate surface area is 186 Å². The van der Waals surface area contributed by atoms with Crippen molar-refractivity contribution in [3.8, 4) is 0 Å². The fourth-order valence-corrected chi connectivity index (χ4v) is 4.79. The van der Waals surface area contributed by atoms with Gasteiger partial charge in [0, 0.05) is 26.2 Å². The van der Waals surface area contributed by atoms with E-state index in [4.69, 9.17) is 4.42 Å². The van der Waals surface area contributed by atoms with Crippen molar-refractivity contribution in [2.24, 2.45) is 0 Å². The molecule has 0 saturated carbocycles. The Hall–Kier alpha value is -2.92. The van der Waals surface area contributed by atoms with Gasteiger partial charge in [0.05, 0.1) is 24.1 Å². The van der Waals surface area contributed by atoms with E-state index < -0.39 is 5.82 Å². The van der Waals surface area contributed by atoms with E-state index in [-0.39, 0.29) is 23.1 Å². The van der Waals surface area contributed by atoms with Crippen LogP contribution in [-0.4, -0.2) is 58.8 Å². The predicted molar refractivity (Wildman–Crippen MR) is 116 cm³/mol. The molecule has 4 rings (SSSR count). The summed E-state index contributed by atoms with van der Waals surface area (Å²) in [6, 6.07) is 9.59. The van der Waals surface area contributed by atoms with Crippen LogP contribution in [0.5, 0.6) is 0 Å². The predicted octanol–water partition coefficient (Wildman–Crippen LogP) is 2.64. The number of benzene rings is 1. The number of piperazine rings is 1. The molecule has 0 aliphatic carbocycles. The van der Waals surface area contributed by atoms with Crippen molar-refractivity contribution in [1.82, 2.24) is 20.4 Å². The molecule has 3 heterocycles. The molecule has 11 heteroatoms. The highest BCUT2D eigenvalue weighted by molar-refractivity contribution is 8.01. The topological polar surface area (TPSA) is 91.6 Å². The van der Waals surface area contributed by atoms with E-state index in [2.05, 4.69) is 15.5 Å². The SMILES string of the molecule is O=C(CSc1nnc(N2CCN(C(=O)c3ccccc3F)CC2)s1)NCc1ccco1. The van der Waals surface area contributed by atoms with Crippen LogP contribution in [0.4, 0.5) is 9.52 Å². The Morgan fingerprint density at radius 3 is 2.68 bits per heavy atom. The van der Waals surface area contributed by atoms with Gasteiger partial charge in [0.25, 0.3) is 5.91 Å². The first-order chi connectivity index (χ1) is 15.1. The Morgan fingerprint density at radius 2 is 1.94 bits per heavy atom. The molecule has 0 radical (unpaired) electrons. The third-order valence-electron chi connectivity index (χ3n) is 4.70. The summed E-state index contributed by atoms with van der Waals surface area (Å²) in [4.78, 5) is 28.2. The molecule has 1 fully saturated rings. The molecular formula is C20H20FN5O3S2. The number of amides is 2. The van der Waals surface area contributed by atoms with E-state index in [0.29, 0.717) is 42.8 Å². The van der Waals surface area contributed by atoms with Crippen molar-refractivity contribution in [1.29, 1.82) is 0 Å². The molecule has 0 unspecified atom stereocenters. The van der Waals surface area contributed by atoms with Gasteiger partial charge in [-0.15, -0.1) is 10.2 Å². The summed E-state index contributed by atoms with van der Waals surface area (Å²) in [5.74, 6) is 0.0172. The molecule has 1 saturated heterocycles. The van der Waals surface area contributed by atoms with Crippen LogP contribution in [0.2, 0.25) is 0 Å². The first-order valence-corrected chi connectivity index (χ1v) is 11.4. The number of carbonyl (C=O) groups excluding carboxylic acids is 2. The second kappa shape index (κ2) is 9.92. The molecule has 1 aliphatic rings. The average molecular weight is 462 g/mol. The minimum Gasteiger partial charge on any atom is -0.467 e. The molecule has 0 spiro atoms. The van der Waals surface area contributed by atoms with Crippen molar-refractivity contribution in [3.63, 3.8) is 0 Å². The van der Waals surface area contributed by atoms with Crippen LogP contribution in [0.3, 0.4) is 0 Å². The number of hydrogen-bond donors (Lipinski definition) is 1. The van der Waals surface area contributed by atoms with Crippen LogP contribution < -0.4 is 10.2 Å². The fourth-order valence-electron chi connectivity index (χ4n) is 3.07. The summed E-state index contributed by atoms with van der Waals surface area (Å²) in [5, 5.41) is 11.9. The number of aromatic nitrogens is 2. The van der Waals surface area contributed by atoms with Gasteiger partial charge in [-0.3, -0.25) is 9.59 Å². The van der Waals surface area contributed by atoms with Gasteiger partial charge in [-0.25, -0.2) is 4.39 Å². The van der Waals surface area contributed by atoms with Gasteiger partial charge in [-0.1, -0.05) is 35.2 Å². The summed E-state index contributed by atoms with van der Waals surface area (Å²) in [6.45, 7) is 2.48. The molecule has 1 aromatic carbocycles. The van der Waals surface area contributed by atoms with Crippen molar-refractivity contribution in [2.75, 3.05) is 36.8 Å². The Morgan fingerprint density at radius 1 is 1.13 bits per heavy atom. The molecule has 2 aromatic heterocycles. The van der Waals surface area contributed by atoms with Gasteiger partial charge in [0.2, 0.25) is 11.0 Å². The summed E-state index contributed by atoms with van der Waals surface area (Å²) in [5.41, 5.74) is 0.0934. The third kappa shape index (κ3) is 5.42. The van der Waals surface area contributed by atoms with E-state index >= 15 is 0 Å². The van der Waals surface area contributed by atoms with Crippen molar-refractivity contribution >= 4 is 40.0 Å². The Bertz CT molecular complexity index is 1040. The van der Waals surface area contributed by atoms with Crippen LogP contribution in [0, 0.1) is 5.82 Å². The molecule has 0 atom stereocenters. The van der Waals surface area contributed by atoms with Crippen LogP contribution >= 0.6 is 23.1 Å². The number of halogens is 1. The summed E-state index contributed by atoms with van der Waals surface area (Å²) >= 11 is 2.73. The van der Waals surface area contributed by atoms with Crippen LogP contribution in [0.25, 0.3) is 0 Å². The van der Waals surface area contributed by atoms with Crippen molar-refractivity contribution in [2.45, 2.75) is 10.9 Å². The zero-order valence-corrected chi connectivity index (χ0v) is 18.1. The molecule has 162 valence electrons. The highest BCUT2D eigenvalue weighted by Gasteiger charge is 2.25. The number of carbonyl (C=O) groups is 2. The molecule has 1 aliphatic heterocycles. The monoisotopic (exact) mass is 461 g/mol. The summed E-state index contributed by atoms with van der Waals surface area (Å²) < 4.78 is 19.8. The van der Waals surface area contributed by atoms with Crippen molar-refractivity contribution in [3.05, 3.63) is 59.8 Å². The van der Waals surface area contributed by atoms with E-state index in [0.717, 1.165) is 5.13 Å². The largest absolute Gasteiger partial charge is 0.467 e. The Kier molecular flexibility index (Phi) is 6.82. The van der Waals surface area contributed by atoms with Gasteiger partial charge in [0.1, 0.15) is 11.6 Å². The van der Waals surface area contributed by atoms with Crippen molar-refractivity contribution < 1.29 is 18.4 Å². The average Bonchev–Trinajstić information content (AvgIpc) is 3.48. The lowest BCUT2D eigenvalue weighted by Gasteiger charge is -2.34. The van der Waals surface area contributed by atoms with E-state index in [9.17, 15) is 14.0 Å². The number of rotatable bonds is 7. The maximum absolute atomic E-state index is 13.9. The highest BCUT2D eigenvalue weighted by Crippen LogP contribution is 2.28. The van der Waals surface area contributed by atoms with E-state index in [1.54, 1.807) is 35.4 Å². The molecule has 3 aromatic rings. The first kappa shape index (κ1) is 21.3. The van der Waals surface area contributed by atoms with Gasteiger partial charge >= 0.3 is 0 Å². The zero-order chi connectivity index (χ0) is 21.6. The zero-order valence-electron chi connectivity index (χ0n) is 16.5.